The number of fused-ring (bicyclic) bond motifs is 1. The zero-order valence-electron chi connectivity index (χ0n) is 11.0. The summed E-state index contributed by atoms with van der Waals surface area (Å²) in [5.41, 5.74) is 5.46. The van der Waals surface area contributed by atoms with Crippen molar-refractivity contribution in [1.82, 2.24) is 20.1 Å². The molecule has 2 atom stereocenters. The molecular weight excluding hydrogens is 230 g/mol. The Morgan fingerprint density at radius 3 is 3.00 bits per heavy atom. The third-order valence-corrected chi connectivity index (χ3v) is 3.43. The van der Waals surface area contributed by atoms with E-state index in [-0.39, 0.29) is 17.9 Å². The Bertz CT molecular complexity index is 428. The van der Waals surface area contributed by atoms with Gasteiger partial charge in [-0.3, -0.25) is 4.79 Å². The Labute approximate surface area is 107 Å². The molecule has 0 aromatic carbocycles. The van der Waals surface area contributed by atoms with Crippen molar-refractivity contribution in [2.24, 2.45) is 11.7 Å². The topological polar surface area (TPSA) is 85.8 Å². The lowest BCUT2D eigenvalue weighted by Gasteiger charge is -2.17. The van der Waals surface area contributed by atoms with Gasteiger partial charge in [-0.1, -0.05) is 6.92 Å². The number of nitrogens with two attached hydrogens (primary N) is 1. The van der Waals surface area contributed by atoms with Crippen LogP contribution in [0, 0.1) is 5.92 Å². The van der Waals surface area contributed by atoms with Gasteiger partial charge < -0.3 is 15.6 Å². The molecule has 0 saturated heterocycles. The molecule has 3 N–H and O–H groups in total. The maximum atomic E-state index is 11.9. The van der Waals surface area contributed by atoms with Crippen molar-refractivity contribution in [3.05, 3.63) is 11.6 Å². The number of carbonyl (C=O) groups is 1. The average molecular weight is 251 g/mol. The highest BCUT2D eigenvalue weighted by molar-refractivity contribution is 5.78. The standard InChI is InChI=1S/C12H21N5O/c1-8(5-6-13)12(18)14-9(2)11-16-15-10-4-3-7-17(10)11/h8-9H,3-7,13H2,1-2H3,(H,14,18). The fourth-order valence-electron chi connectivity index (χ4n) is 2.29. The van der Waals surface area contributed by atoms with Crippen LogP contribution in [0.15, 0.2) is 0 Å². The Morgan fingerprint density at radius 1 is 1.50 bits per heavy atom. The molecule has 6 nitrogen and oxygen atoms in total. The van der Waals surface area contributed by atoms with Crippen LogP contribution in [-0.2, 0) is 17.8 Å². The van der Waals surface area contributed by atoms with Crippen LogP contribution in [-0.4, -0.2) is 27.2 Å². The number of hydrogen-bond donors (Lipinski definition) is 2. The van der Waals surface area contributed by atoms with Crippen LogP contribution in [0.2, 0.25) is 0 Å². The van der Waals surface area contributed by atoms with E-state index in [1.807, 2.05) is 13.8 Å². The van der Waals surface area contributed by atoms with Gasteiger partial charge in [-0.15, -0.1) is 10.2 Å². The minimum atomic E-state index is -0.0999. The predicted molar refractivity (Wildman–Crippen MR) is 67.7 cm³/mol. The minimum Gasteiger partial charge on any atom is -0.346 e. The summed E-state index contributed by atoms with van der Waals surface area (Å²) < 4.78 is 2.11. The van der Waals surface area contributed by atoms with E-state index >= 15 is 0 Å². The van der Waals surface area contributed by atoms with Crippen molar-refractivity contribution >= 4 is 5.91 Å². The summed E-state index contributed by atoms with van der Waals surface area (Å²) >= 11 is 0. The number of nitrogens with zero attached hydrogens (tertiary/aromatic N) is 3. The summed E-state index contributed by atoms with van der Waals surface area (Å²) in [4.78, 5) is 11.9. The van der Waals surface area contributed by atoms with Gasteiger partial charge in [-0.2, -0.15) is 0 Å². The van der Waals surface area contributed by atoms with E-state index in [0.29, 0.717) is 13.0 Å². The minimum absolute atomic E-state index is 0.0308. The molecule has 1 aromatic rings. The van der Waals surface area contributed by atoms with E-state index in [2.05, 4.69) is 20.1 Å². The second kappa shape index (κ2) is 5.48. The van der Waals surface area contributed by atoms with Crippen molar-refractivity contribution in [3.63, 3.8) is 0 Å². The highest BCUT2D eigenvalue weighted by Gasteiger charge is 2.23. The largest absolute Gasteiger partial charge is 0.346 e. The monoisotopic (exact) mass is 251 g/mol. The molecule has 1 aliphatic rings. The van der Waals surface area contributed by atoms with E-state index in [4.69, 9.17) is 5.73 Å². The number of aryl methyl sites for hydroxylation is 1. The van der Waals surface area contributed by atoms with Gasteiger partial charge in [0.25, 0.3) is 0 Å². The highest BCUT2D eigenvalue weighted by atomic mass is 16.1. The lowest BCUT2D eigenvalue weighted by molar-refractivity contribution is -0.125. The normalized spacial score (nSPS) is 17.3. The predicted octanol–water partition coefficient (Wildman–Crippen LogP) is 0.386. The summed E-state index contributed by atoms with van der Waals surface area (Å²) in [5.74, 6) is 1.86. The number of aromatic nitrogens is 3. The third-order valence-electron chi connectivity index (χ3n) is 3.43. The van der Waals surface area contributed by atoms with E-state index in [9.17, 15) is 4.79 Å². The molecule has 0 fully saturated rings. The summed E-state index contributed by atoms with van der Waals surface area (Å²) in [6, 6.07) is -0.0999. The Kier molecular flexibility index (Phi) is 3.96. The number of rotatable bonds is 5. The summed E-state index contributed by atoms with van der Waals surface area (Å²) in [7, 11) is 0. The van der Waals surface area contributed by atoms with Gasteiger partial charge in [-0.25, -0.2) is 0 Å². The fourth-order valence-corrected chi connectivity index (χ4v) is 2.29. The van der Waals surface area contributed by atoms with Crippen LogP contribution in [0.3, 0.4) is 0 Å². The van der Waals surface area contributed by atoms with E-state index < -0.39 is 0 Å². The Morgan fingerprint density at radius 2 is 2.28 bits per heavy atom. The fraction of sp³-hybridized carbons (Fsp3) is 0.750. The van der Waals surface area contributed by atoms with Crippen molar-refractivity contribution in [1.29, 1.82) is 0 Å². The van der Waals surface area contributed by atoms with E-state index in [1.165, 1.54) is 0 Å². The van der Waals surface area contributed by atoms with Gasteiger partial charge in [0, 0.05) is 18.9 Å². The maximum absolute atomic E-state index is 11.9. The lowest BCUT2D eigenvalue weighted by Crippen LogP contribution is -2.33. The van der Waals surface area contributed by atoms with Crippen molar-refractivity contribution in [2.75, 3.05) is 6.54 Å². The smallest absolute Gasteiger partial charge is 0.223 e. The summed E-state index contributed by atoms with van der Waals surface area (Å²) in [6.45, 7) is 5.32. The zero-order chi connectivity index (χ0) is 13.1. The van der Waals surface area contributed by atoms with Crippen LogP contribution in [0.5, 0.6) is 0 Å². The SMILES string of the molecule is CC(CCN)C(=O)NC(C)c1nnc2n1CCC2. The molecule has 1 aliphatic heterocycles. The van der Waals surface area contributed by atoms with Crippen LogP contribution >= 0.6 is 0 Å². The van der Waals surface area contributed by atoms with Crippen molar-refractivity contribution in [3.8, 4) is 0 Å². The molecule has 18 heavy (non-hydrogen) atoms. The molecular formula is C12H21N5O. The summed E-state index contributed by atoms with van der Waals surface area (Å²) in [6.07, 6.45) is 2.80. The molecule has 0 radical (unpaired) electrons. The van der Waals surface area contributed by atoms with Gasteiger partial charge >= 0.3 is 0 Å². The average Bonchev–Trinajstić information content (AvgIpc) is 2.90. The lowest BCUT2D eigenvalue weighted by atomic mass is 10.1. The molecule has 0 bridgehead atoms. The third kappa shape index (κ3) is 2.53. The Hall–Kier alpha value is -1.43. The molecule has 2 unspecified atom stereocenters. The first-order valence-corrected chi connectivity index (χ1v) is 6.56. The van der Waals surface area contributed by atoms with E-state index in [1.54, 1.807) is 0 Å². The first-order chi connectivity index (χ1) is 8.63. The zero-order valence-corrected chi connectivity index (χ0v) is 11.0. The van der Waals surface area contributed by atoms with Gasteiger partial charge in [0.1, 0.15) is 5.82 Å². The quantitative estimate of drug-likeness (QED) is 0.792. The molecule has 0 aliphatic carbocycles. The molecule has 1 amide bonds. The first-order valence-electron chi connectivity index (χ1n) is 6.56. The molecule has 100 valence electrons. The van der Waals surface area contributed by atoms with Gasteiger partial charge in [0.15, 0.2) is 5.82 Å². The number of nitrogens with one attached hydrogen (secondary N) is 1. The second-order valence-corrected chi connectivity index (χ2v) is 4.94. The molecule has 0 saturated carbocycles. The van der Waals surface area contributed by atoms with E-state index in [0.717, 1.165) is 31.0 Å². The second-order valence-electron chi connectivity index (χ2n) is 4.94. The highest BCUT2D eigenvalue weighted by Crippen LogP contribution is 2.19. The molecule has 2 rings (SSSR count). The van der Waals surface area contributed by atoms with Crippen molar-refractivity contribution in [2.45, 2.75) is 45.7 Å². The molecule has 0 spiro atoms. The van der Waals surface area contributed by atoms with Gasteiger partial charge in [-0.05, 0) is 26.3 Å². The first kappa shape index (κ1) is 13.0. The maximum Gasteiger partial charge on any atom is 0.223 e. The molecule has 2 heterocycles. The van der Waals surface area contributed by atoms with Crippen LogP contribution in [0.4, 0.5) is 0 Å². The van der Waals surface area contributed by atoms with Crippen molar-refractivity contribution < 1.29 is 4.79 Å². The number of carbonyl (C=O) groups excluding carboxylic acids is 1. The number of hydrogen-bond acceptors (Lipinski definition) is 4. The summed E-state index contributed by atoms with van der Waals surface area (Å²) in [5, 5.41) is 11.3. The van der Waals surface area contributed by atoms with Crippen LogP contribution < -0.4 is 11.1 Å². The molecule has 6 heteroatoms. The van der Waals surface area contributed by atoms with Crippen LogP contribution in [0.25, 0.3) is 0 Å². The molecule has 1 aromatic heterocycles. The number of amides is 1. The van der Waals surface area contributed by atoms with Crippen LogP contribution in [0.1, 0.15) is 44.4 Å². The van der Waals surface area contributed by atoms with Gasteiger partial charge in [0.2, 0.25) is 5.91 Å². The van der Waals surface area contributed by atoms with Gasteiger partial charge in [0.05, 0.1) is 6.04 Å². The Balaban J connectivity index is 1.99.